The van der Waals surface area contributed by atoms with E-state index in [-0.39, 0.29) is 11.8 Å². The molecule has 0 bridgehead atoms. The van der Waals surface area contributed by atoms with E-state index in [1.807, 2.05) is 61.2 Å². The molecule has 2 aromatic rings. The largest absolute Gasteiger partial charge is 0.497 e. The molecule has 150 valence electrons. The van der Waals surface area contributed by atoms with Crippen LogP contribution >= 0.6 is 0 Å². The predicted octanol–water partition coefficient (Wildman–Crippen LogP) is 2.86. The summed E-state index contributed by atoms with van der Waals surface area (Å²) in [7, 11) is 1.60. The third kappa shape index (κ3) is 3.62. The van der Waals surface area contributed by atoms with Crippen LogP contribution in [0.15, 0.2) is 47.5 Å². The average Bonchev–Trinajstić information content (AvgIpc) is 3.06. The Hall–Kier alpha value is -3.15. The molecule has 2 aliphatic heterocycles. The van der Waals surface area contributed by atoms with Crippen LogP contribution in [0.3, 0.4) is 0 Å². The number of benzene rings is 2. The second kappa shape index (κ2) is 7.35. The molecule has 1 spiro atoms. The molecular weight excluding hydrogens is 366 g/mol. The lowest BCUT2D eigenvalue weighted by molar-refractivity contribution is -0.115. The van der Waals surface area contributed by atoms with E-state index in [1.54, 1.807) is 7.11 Å². The van der Waals surface area contributed by atoms with Crippen LogP contribution < -0.4 is 10.1 Å². The summed E-state index contributed by atoms with van der Waals surface area (Å²) in [5.41, 5.74) is 3.53. The summed E-state index contributed by atoms with van der Waals surface area (Å²) < 4.78 is 5.25. The van der Waals surface area contributed by atoms with Crippen molar-refractivity contribution < 1.29 is 14.3 Å². The van der Waals surface area contributed by atoms with E-state index in [0.717, 1.165) is 11.1 Å². The molecule has 29 heavy (non-hydrogen) atoms. The van der Waals surface area contributed by atoms with Gasteiger partial charge in [-0.05, 0) is 49.2 Å². The topological polar surface area (TPSA) is 71.0 Å². The third-order valence-corrected chi connectivity index (χ3v) is 5.86. The molecule has 0 atom stereocenters. The normalized spacial score (nSPS) is 17.8. The van der Waals surface area contributed by atoms with Crippen molar-refractivity contribution in [2.75, 3.05) is 20.2 Å². The smallest absolute Gasteiger partial charge is 0.272 e. The Bertz CT molecular complexity index is 1000. The van der Waals surface area contributed by atoms with E-state index in [2.05, 4.69) is 5.32 Å². The molecule has 1 fully saturated rings. The zero-order valence-corrected chi connectivity index (χ0v) is 17.0. The van der Waals surface area contributed by atoms with Gasteiger partial charge in [-0.25, -0.2) is 0 Å². The maximum Gasteiger partial charge on any atom is 0.272 e. The highest BCUT2D eigenvalue weighted by Crippen LogP contribution is 2.30. The lowest BCUT2D eigenvalue weighted by Gasteiger charge is -2.37. The quantitative estimate of drug-likeness (QED) is 0.875. The Balaban J connectivity index is 1.49. The molecule has 0 radical (unpaired) electrons. The number of hydrogen-bond donors (Lipinski definition) is 1. The zero-order chi connectivity index (χ0) is 20.6. The summed E-state index contributed by atoms with van der Waals surface area (Å²) in [6.45, 7) is 5.16. The van der Waals surface area contributed by atoms with E-state index >= 15 is 0 Å². The van der Waals surface area contributed by atoms with Crippen LogP contribution in [-0.2, 0) is 4.79 Å². The van der Waals surface area contributed by atoms with Gasteiger partial charge in [0.25, 0.3) is 11.8 Å². The van der Waals surface area contributed by atoms with Crippen LogP contribution in [0.2, 0.25) is 0 Å². The highest BCUT2D eigenvalue weighted by molar-refractivity contribution is 6.46. The Morgan fingerprint density at radius 1 is 1.10 bits per heavy atom. The average molecular weight is 391 g/mol. The van der Waals surface area contributed by atoms with Gasteiger partial charge in [0.2, 0.25) is 0 Å². The zero-order valence-electron chi connectivity index (χ0n) is 17.0. The van der Waals surface area contributed by atoms with Gasteiger partial charge in [-0.1, -0.05) is 18.2 Å². The first-order valence-corrected chi connectivity index (χ1v) is 9.84. The van der Waals surface area contributed by atoms with Crippen molar-refractivity contribution in [2.24, 2.45) is 4.99 Å². The molecule has 2 amide bonds. The minimum absolute atomic E-state index is 0.0317. The van der Waals surface area contributed by atoms with Gasteiger partial charge in [-0.2, -0.15) is 0 Å². The number of likely N-dealkylation sites (tertiary alicyclic amines) is 1. The van der Waals surface area contributed by atoms with E-state index < -0.39 is 5.66 Å². The van der Waals surface area contributed by atoms with Gasteiger partial charge in [0, 0.05) is 37.1 Å². The van der Waals surface area contributed by atoms with Crippen molar-refractivity contribution in [1.82, 2.24) is 10.2 Å². The van der Waals surface area contributed by atoms with Crippen molar-refractivity contribution >= 4 is 17.5 Å². The van der Waals surface area contributed by atoms with Crippen molar-refractivity contribution in [3.63, 3.8) is 0 Å². The number of carbonyl (C=O) groups is 2. The van der Waals surface area contributed by atoms with E-state index in [9.17, 15) is 9.59 Å². The first-order valence-electron chi connectivity index (χ1n) is 9.84. The Labute approximate surface area is 170 Å². The summed E-state index contributed by atoms with van der Waals surface area (Å²) >= 11 is 0. The SMILES string of the molecule is COc1cccc(C2=NC3(CCN(C(=O)c4ccc(C)c(C)c4)CC3)NC2=O)c1. The molecule has 0 saturated carbocycles. The van der Waals surface area contributed by atoms with Gasteiger partial charge < -0.3 is 15.0 Å². The molecule has 2 aromatic carbocycles. The molecule has 0 aliphatic carbocycles. The van der Waals surface area contributed by atoms with Crippen LogP contribution in [0.1, 0.15) is 39.9 Å². The Morgan fingerprint density at radius 3 is 2.55 bits per heavy atom. The van der Waals surface area contributed by atoms with Gasteiger partial charge in [0.05, 0.1) is 7.11 Å². The summed E-state index contributed by atoms with van der Waals surface area (Å²) in [5, 5.41) is 3.05. The van der Waals surface area contributed by atoms with Crippen molar-refractivity contribution in [3.8, 4) is 5.75 Å². The molecule has 2 aliphatic rings. The van der Waals surface area contributed by atoms with Gasteiger partial charge in [-0.15, -0.1) is 0 Å². The minimum atomic E-state index is -0.629. The number of piperidine rings is 1. The fourth-order valence-corrected chi connectivity index (χ4v) is 3.90. The number of aryl methyl sites for hydroxylation is 2. The highest BCUT2D eigenvalue weighted by atomic mass is 16.5. The number of nitrogens with one attached hydrogen (secondary N) is 1. The number of amides is 2. The van der Waals surface area contributed by atoms with Crippen LogP contribution in [0.5, 0.6) is 5.75 Å². The van der Waals surface area contributed by atoms with Crippen LogP contribution in [-0.4, -0.2) is 48.3 Å². The van der Waals surface area contributed by atoms with Crippen LogP contribution in [0.25, 0.3) is 0 Å². The molecule has 6 heteroatoms. The maximum absolute atomic E-state index is 12.9. The number of carbonyl (C=O) groups excluding carboxylic acids is 2. The van der Waals surface area contributed by atoms with Gasteiger partial charge in [-0.3, -0.25) is 14.6 Å². The lowest BCUT2D eigenvalue weighted by Crippen LogP contribution is -2.52. The van der Waals surface area contributed by atoms with Crippen LogP contribution in [0.4, 0.5) is 0 Å². The number of nitrogens with zero attached hydrogens (tertiary/aromatic N) is 2. The number of aliphatic imine (C=N–C) groups is 1. The highest BCUT2D eigenvalue weighted by Gasteiger charge is 2.43. The monoisotopic (exact) mass is 391 g/mol. The first-order chi connectivity index (χ1) is 13.9. The summed E-state index contributed by atoms with van der Waals surface area (Å²) in [6, 6.07) is 13.2. The van der Waals surface area contributed by atoms with Gasteiger partial charge in [0.1, 0.15) is 17.1 Å². The fourth-order valence-electron chi connectivity index (χ4n) is 3.90. The van der Waals surface area contributed by atoms with Gasteiger partial charge >= 0.3 is 0 Å². The van der Waals surface area contributed by atoms with E-state index in [0.29, 0.717) is 43.0 Å². The summed E-state index contributed by atoms with van der Waals surface area (Å²) in [5.74, 6) is 0.546. The molecule has 2 heterocycles. The first kappa shape index (κ1) is 19.2. The van der Waals surface area contributed by atoms with Crippen LogP contribution in [0, 0.1) is 13.8 Å². The second-order valence-electron chi connectivity index (χ2n) is 7.77. The van der Waals surface area contributed by atoms with E-state index in [4.69, 9.17) is 9.73 Å². The molecule has 0 aromatic heterocycles. The summed E-state index contributed by atoms with van der Waals surface area (Å²) in [4.78, 5) is 32.1. The second-order valence-corrected chi connectivity index (χ2v) is 7.77. The molecule has 0 unspecified atom stereocenters. The number of rotatable bonds is 3. The lowest BCUT2D eigenvalue weighted by atomic mass is 9.97. The third-order valence-electron chi connectivity index (χ3n) is 5.86. The summed E-state index contributed by atoms with van der Waals surface area (Å²) in [6.07, 6.45) is 1.20. The molecule has 6 nitrogen and oxygen atoms in total. The fraction of sp³-hybridized carbons (Fsp3) is 0.348. The van der Waals surface area contributed by atoms with Crippen molar-refractivity contribution in [3.05, 3.63) is 64.7 Å². The van der Waals surface area contributed by atoms with Gasteiger partial charge in [0.15, 0.2) is 0 Å². The molecule has 1 saturated heterocycles. The molecule has 4 rings (SSSR count). The van der Waals surface area contributed by atoms with Crippen molar-refractivity contribution in [1.29, 1.82) is 0 Å². The van der Waals surface area contributed by atoms with E-state index in [1.165, 1.54) is 5.56 Å². The minimum Gasteiger partial charge on any atom is -0.497 e. The molecular formula is C23H25N3O3. The Kier molecular flexibility index (Phi) is 4.86. The van der Waals surface area contributed by atoms with Crippen molar-refractivity contribution in [2.45, 2.75) is 32.4 Å². The number of hydrogen-bond acceptors (Lipinski definition) is 4. The maximum atomic E-state index is 12.9. The standard InChI is InChI=1S/C23H25N3O3/c1-15-7-8-18(13-16(15)2)22(28)26-11-9-23(10-12-26)24-20(21(27)25-23)17-5-4-6-19(14-17)29-3/h4-8,13-14H,9-12H2,1-3H3,(H,25,27). The Morgan fingerprint density at radius 2 is 1.86 bits per heavy atom. The predicted molar refractivity (Wildman–Crippen MR) is 111 cm³/mol. The molecule has 1 N–H and O–H groups in total. The number of ether oxygens (including phenoxy) is 1. The number of methoxy groups -OCH3 is 1.